The summed E-state index contributed by atoms with van der Waals surface area (Å²) in [7, 11) is 0. The maximum atomic E-state index is 13.0. The molecule has 0 unspecified atom stereocenters. The first-order valence-electron chi connectivity index (χ1n) is 8.23. The van der Waals surface area contributed by atoms with E-state index in [1.165, 1.54) is 0 Å². The lowest BCUT2D eigenvalue weighted by atomic mass is 9.88. The molecule has 138 valence electrons. The molecule has 0 saturated carbocycles. The van der Waals surface area contributed by atoms with Gasteiger partial charge in [-0.25, -0.2) is 4.79 Å². The molecule has 1 saturated heterocycles. The van der Waals surface area contributed by atoms with Crippen LogP contribution in [0.4, 0.5) is 10.5 Å². The van der Waals surface area contributed by atoms with Crippen molar-refractivity contribution in [2.24, 2.45) is 5.92 Å². The Morgan fingerprint density at radius 3 is 2.67 bits per heavy atom. The Kier molecular flexibility index (Phi) is 4.49. The molecule has 0 spiro atoms. The summed E-state index contributed by atoms with van der Waals surface area (Å²) in [6.45, 7) is 4.03. The van der Waals surface area contributed by atoms with E-state index in [4.69, 9.17) is 9.47 Å². The molecule has 2 aromatic rings. The van der Waals surface area contributed by atoms with Gasteiger partial charge in [-0.05, 0) is 42.0 Å². The van der Waals surface area contributed by atoms with Crippen molar-refractivity contribution < 1.29 is 19.1 Å². The number of urea groups is 1. The Morgan fingerprint density at radius 1 is 1.15 bits per heavy atom. The van der Waals surface area contributed by atoms with Crippen molar-refractivity contribution in [3.63, 3.8) is 0 Å². The smallest absolute Gasteiger partial charge is 0.319 e. The number of carbonyl (C=O) groups excluding carboxylic acids is 2. The number of amides is 3. The molecule has 2 atom stereocenters. The van der Waals surface area contributed by atoms with E-state index in [-0.39, 0.29) is 12.7 Å². The normalized spacial score (nSPS) is 20.6. The Balaban J connectivity index is 1.63. The van der Waals surface area contributed by atoms with Gasteiger partial charge in [-0.3, -0.25) is 4.79 Å². The van der Waals surface area contributed by atoms with Crippen LogP contribution in [0.25, 0.3) is 0 Å². The maximum absolute atomic E-state index is 13.0. The Hall–Kier alpha value is -3.00. The van der Waals surface area contributed by atoms with Gasteiger partial charge in [-0.1, -0.05) is 28.6 Å². The number of ether oxygens (including phenoxy) is 2. The Labute approximate surface area is 163 Å². The van der Waals surface area contributed by atoms with Gasteiger partial charge in [0.1, 0.15) is 5.92 Å². The third-order valence-electron chi connectivity index (χ3n) is 4.42. The molecule has 0 radical (unpaired) electrons. The fourth-order valence-corrected chi connectivity index (χ4v) is 3.39. The first-order chi connectivity index (χ1) is 13.0. The molecule has 2 aromatic carbocycles. The second-order valence-corrected chi connectivity index (χ2v) is 7.10. The van der Waals surface area contributed by atoms with Crippen molar-refractivity contribution in [2.45, 2.75) is 6.04 Å². The third-order valence-corrected chi connectivity index (χ3v) is 4.95. The first-order valence-corrected chi connectivity index (χ1v) is 9.03. The molecule has 0 aliphatic carbocycles. The zero-order valence-corrected chi connectivity index (χ0v) is 15.7. The van der Waals surface area contributed by atoms with Crippen LogP contribution in [0.15, 0.2) is 59.2 Å². The van der Waals surface area contributed by atoms with Gasteiger partial charge in [0.25, 0.3) is 0 Å². The van der Waals surface area contributed by atoms with Crippen LogP contribution >= 0.6 is 15.9 Å². The van der Waals surface area contributed by atoms with Gasteiger partial charge in [0.15, 0.2) is 11.5 Å². The summed E-state index contributed by atoms with van der Waals surface area (Å²) >= 11 is 3.36. The van der Waals surface area contributed by atoms with Crippen LogP contribution in [0.2, 0.25) is 0 Å². The summed E-state index contributed by atoms with van der Waals surface area (Å²) in [4.78, 5) is 24.9. The van der Waals surface area contributed by atoms with Crippen molar-refractivity contribution in [2.75, 3.05) is 12.1 Å². The fraction of sp³-hybridized carbons (Fsp3) is 0.158. The highest BCUT2D eigenvalue weighted by Gasteiger charge is 2.38. The van der Waals surface area contributed by atoms with E-state index in [1.54, 1.807) is 30.3 Å². The zero-order chi connectivity index (χ0) is 19.0. The van der Waals surface area contributed by atoms with Crippen molar-refractivity contribution in [1.82, 2.24) is 10.6 Å². The number of hydrogen-bond donors (Lipinski definition) is 3. The molecule has 2 aliphatic rings. The van der Waals surface area contributed by atoms with Crippen LogP contribution < -0.4 is 25.4 Å². The number of carbonyl (C=O) groups is 2. The zero-order valence-electron chi connectivity index (χ0n) is 14.1. The number of hydrogen-bond acceptors (Lipinski definition) is 4. The molecule has 2 aliphatic heterocycles. The maximum Gasteiger partial charge on any atom is 0.319 e. The van der Waals surface area contributed by atoms with Crippen molar-refractivity contribution in [3.05, 3.63) is 64.8 Å². The average Bonchev–Trinajstić information content (AvgIpc) is 3.10. The summed E-state index contributed by atoms with van der Waals surface area (Å²) in [5.41, 5.74) is 1.71. The highest BCUT2D eigenvalue weighted by molar-refractivity contribution is 9.10. The number of nitrogens with one attached hydrogen (secondary N) is 3. The molecule has 7 nitrogen and oxygen atoms in total. The largest absolute Gasteiger partial charge is 0.454 e. The summed E-state index contributed by atoms with van der Waals surface area (Å²) in [5.74, 6) is 0.232. The lowest BCUT2D eigenvalue weighted by molar-refractivity contribution is -0.119. The first kappa shape index (κ1) is 17.4. The number of halogens is 1. The van der Waals surface area contributed by atoms with Gasteiger partial charge in [0.2, 0.25) is 12.7 Å². The van der Waals surface area contributed by atoms with Gasteiger partial charge in [0, 0.05) is 15.9 Å². The lowest BCUT2D eigenvalue weighted by Crippen LogP contribution is -2.51. The minimum absolute atomic E-state index is 0.150. The Bertz CT molecular complexity index is 929. The molecule has 0 bridgehead atoms. The Morgan fingerprint density at radius 2 is 1.89 bits per heavy atom. The van der Waals surface area contributed by atoms with Crippen LogP contribution in [-0.2, 0) is 4.79 Å². The van der Waals surface area contributed by atoms with Crippen molar-refractivity contribution in [1.29, 1.82) is 0 Å². The summed E-state index contributed by atoms with van der Waals surface area (Å²) in [5, 5.41) is 8.26. The average molecular weight is 430 g/mol. The van der Waals surface area contributed by atoms with Crippen LogP contribution in [-0.4, -0.2) is 18.7 Å². The van der Waals surface area contributed by atoms with Crippen LogP contribution in [0.3, 0.4) is 0 Å². The molecule has 4 rings (SSSR count). The highest BCUT2D eigenvalue weighted by atomic mass is 79.9. The fourth-order valence-electron chi connectivity index (χ4n) is 3.13. The van der Waals surface area contributed by atoms with E-state index in [2.05, 4.69) is 38.5 Å². The van der Waals surface area contributed by atoms with Crippen LogP contribution in [0, 0.1) is 5.92 Å². The van der Waals surface area contributed by atoms with E-state index >= 15 is 0 Å². The second kappa shape index (κ2) is 6.96. The highest BCUT2D eigenvalue weighted by Crippen LogP contribution is 2.38. The van der Waals surface area contributed by atoms with Gasteiger partial charge in [0.05, 0.1) is 6.04 Å². The second-order valence-electron chi connectivity index (χ2n) is 6.19. The molecular formula is C19H16BrN3O4. The van der Waals surface area contributed by atoms with Gasteiger partial charge in [-0.2, -0.15) is 0 Å². The van der Waals surface area contributed by atoms with Crippen LogP contribution in [0.5, 0.6) is 11.5 Å². The van der Waals surface area contributed by atoms with Gasteiger partial charge in [-0.15, -0.1) is 0 Å². The predicted octanol–water partition coefficient (Wildman–Crippen LogP) is 3.30. The quantitative estimate of drug-likeness (QED) is 0.698. The van der Waals surface area contributed by atoms with E-state index in [0.29, 0.717) is 22.9 Å². The predicted molar refractivity (Wildman–Crippen MR) is 102 cm³/mol. The lowest BCUT2D eigenvalue weighted by Gasteiger charge is -2.34. The third kappa shape index (κ3) is 3.48. The van der Waals surface area contributed by atoms with E-state index in [1.807, 2.05) is 12.1 Å². The van der Waals surface area contributed by atoms with Crippen molar-refractivity contribution >= 4 is 33.6 Å². The molecule has 1 fully saturated rings. The molecule has 0 aromatic heterocycles. The van der Waals surface area contributed by atoms with E-state index in [9.17, 15) is 9.59 Å². The van der Waals surface area contributed by atoms with Gasteiger partial charge < -0.3 is 25.4 Å². The number of fused-ring (bicyclic) bond motifs is 1. The summed E-state index contributed by atoms with van der Waals surface area (Å²) < 4.78 is 11.6. The summed E-state index contributed by atoms with van der Waals surface area (Å²) in [6, 6.07) is 11.6. The monoisotopic (exact) mass is 429 g/mol. The number of rotatable bonds is 3. The molecule has 27 heavy (non-hydrogen) atoms. The van der Waals surface area contributed by atoms with Crippen molar-refractivity contribution in [3.8, 4) is 11.5 Å². The van der Waals surface area contributed by atoms with Gasteiger partial charge >= 0.3 is 6.03 Å². The van der Waals surface area contributed by atoms with E-state index in [0.717, 1.165) is 10.0 Å². The molecule has 3 amide bonds. The SMILES string of the molecule is C=C1NC(=O)N[C@H](c2ccc3c(c2)OCO3)[C@H]1C(=O)Nc1ccc(Br)cc1. The minimum Gasteiger partial charge on any atom is -0.454 e. The topological polar surface area (TPSA) is 88.7 Å². The molecule has 2 heterocycles. The molecule has 8 heteroatoms. The standard InChI is InChI=1S/C19H16BrN3O4/c1-10-16(18(24)22-13-5-3-12(20)4-6-13)17(23-19(25)21-10)11-2-7-14-15(8-11)27-9-26-14/h2-8,16-17H,1,9H2,(H,22,24)(H2,21,23,25)/t16-,17+/m0/s1. The van der Waals surface area contributed by atoms with Crippen LogP contribution in [0.1, 0.15) is 11.6 Å². The minimum atomic E-state index is -0.702. The number of anilines is 1. The van der Waals surface area contributed by atoms with E-state index < -0.39 is 18.0 Å². The molecular weight excluding hydrogens is 414 g/mol. The number of benzene rings is 2. The molecule has 3 N–H and O–H groups in total. The summed E-state index contributed by atoms with van der Waals surface area (Å²) in [6.07, 6.45) is 0.